The first-order valence-corrected chi connectivity index (χ1v) is 13.0. The average molecular weight is 598 g/mol. The molecule has 6 rings (SSSR count). The van der Waals surface area contributed by atoms with Crippen molar-refractivity contribution in [2.45, 2.75) is 19.8 Å². The fraction of sp³-hybridized carbons (Fsp3) is 0.111. The van der Waals surface area contributed by atoms with Crippen molar-refractivity contribution in [2.75, 3.05) is 0 Å². The van der Waals surface area contributed by atoms with Crippen LogP contribution in [-0.2, 0) is 13.2 Å². The molecule has 0 aliphatic carbocycles. The Balaban J connectivity index is 1.27. The van der Waals surface area contributed by atoms with Crippen LogP contribution in [0.25, 0.3) is 27.4 Å². The molecule has 0 radical (unpaired) electrons. The highest BCUT2D eigenvalue weighted by Crippen LogP contribution is 2.38. The van der Waals surface area contributed by atoms with E-state index in [-0.39, 0.29) is 12.4 Å². The van der Waals surface area contributed by atoms with E-state index in [0.29, 0.717) is 49.4 Å². The molecule has 3 aromatic carbocycles. The van der Waals surface area contributed by atoms with E-state index in [1.807, 2.05) is 54.6 Å². The number of halogens is 3. The Bertz CT molecular complexity index is 1720. The lowest BCUT2D eigenvalue weighted by molar-refractivity contribution is -0.0498. The molecule has 0 atom stereocenters. The van der Waals surface area contributed by atoms with Gasteiger partial charge in [-0.05, 0) is 45.3 Å². The van der Waals surface area contributed by atoms with Gasteiger partial charge in [0.2, 0.25) is 4.96 Å². The number of benzene rings is 3. The molecule has 0 unspecified atom stereocenters. The van der Waals surface area contributed by atoms with Crippen molar-refractivity contribution in [2.24, 2.45) is 0 Å². The molecule has 0 fully saturated rings. The first kappa shape index (κ1) is 24.4. The largest absolute Gasteiger partial charge is 0.489 e. The zero-order valence-electron chi connectivity index (χ0n) is 19.5. The van der Waals surface area contributed by atoms with Gasteiger partial charge in [-0.15, -0.1) is 5.10 Å². The number of ether oxygens (including phenoxy) is 3. The Morgan fingerprint density at radius 1 is 0.921 bits per heavy atom. The third-order valence-corrected chi connectivity index (χ3v) is 7.01. The first-order chi connectivity index (χ1) is 18.5. The van der Waals surface area contributed by atoms with Crippen LogP contribution in [0.1, 0.15) is 11.1 Å². The number of hydrogen-bond acceptors (Lipinski definition) is 7. The summed E-state index contributed by atoms with van der Waals surface area (Å²) >= 11 is 4.73. The first-order valence-electron chi connectivity index (χ1n) is 11.4. The van der Waals surface area contributed by atoms with Gasteiger partial charge in [0.15, 0.2) is 9.68 Å². The molecule has 0 aliphatic rings. The molecule has 3 aromatic heterocycles. The van der Waals surface area contributed by atoms with E-state index >= 15 is 0 Å². The third kappa shape index (κ3) is 5.20. The van der Waals surface area contributed by atoms with E-state index in [4.69, 9.17) is 13.9 Å². The van der Waals surface area contributed by atoms with Crippen molar-refractivity contribution in [3.8, 4) is 28.7 Å². The van der Waals surface area contributed by atoms with Gasteiger partial charge < -0.3 is 18.6 Å². The van der Waals surface area contributed by atoms with Gasteiger partial charge in [0.05, 0.1) is 11.6 Å². The molecule has 0 spiro atoms. The Labute approximate surface area is 227 Å². The minimum Gasteiger partial charge on any atom is -0.489 e. The van der Waals surface area contributed by atoms with Crippen LogP contribution < -0.4 is 14.2 Å². The number of hydrogen-bond donors (Lipinski definition) is 0. The van der Waals surface area contributed by atoms with E-state index in [2.05, 4.69) is 30.7 Å². The van der Waals surface area contributed by atoms with Gasteiger partial charge in [-0.2, -0.15) is 13.3 Å². The number of aromatic nitrogens is 3. The summed E-state index contributed by atoms with van der Waals surface area (Å²) in [6.45, 7) is -2.38. The summed E-state index contributed by atoms with van der Waals surface area (Å²) in [4.78, 5) is 5.03. The van der Waals surface area contributed by atoms with Gasteiger partial charge in [-0.25, -0.2) is 4.98 Å². The number of rotatable bonds is 9. The van der Waals surface area contributed by atoms with Gasteiger partial charge in [0.1, 0.15) is 41.7 Å². The lowest BCUT2D eigenvalue weighted by Gasteiger charge is -2.11. The molecule has 7 nitrogen and oxygen atoms in total. The molecular formula is C27H18BrF2N3O4S. The van der Waals surface area contributed by atoms with Gasteiger partial charge in [-0.3, -0.25) is 0 Å². The molecule has 0 aliphatic heterocycles. The second-order valence-corrected chi connectivity index (χ2v) is 10.5. The van der Waals surface area contributed by atoms with Gasteiger partial charge in [0.25, 0.3) is 0 Å². The van der Waals surface area contributed by atoms with Crippen LogP contribution in [0, 0.1) is 0 Å². The van der Waals surface area contributed by atoms with Crippen molar-refractivity contribution in [3.05, 3.63) is 94.0 Å². The summed E-state index contributed by atoms with van der Waals surface area (Å²) in [7, 11) is 0. The molecule has 11 heteroatoms. The highest BCUT2D eigenvalue weighted by atomic mass is 79.9. The number of furan rings is 1. The molecular weight excluding hydrogens is 580 g/mol. The molecule has 3 heterocycles. The Hall–Kier alpha value is -3.96. The van der Waals surface area contributed by atoms with Crippen molar-refractivity contribution < 1.29 is 27.4 Å². The average Bonchev–Trinajstić information content (AvgIpc) is 3.60. The van der Waals surface area contributed by atoms with Crippen LogP contribution in [-0.4, -0.2) is 21.2 Å². The van der Waals surface area contributed by atoms with E-state index in [1.165, 1.54) is 23.5 Å². The molecule has 0 bridgehead atoms. The topological polar surface area (TPSA) is 71.0 Å². The molecule has 192 valence electrons. The van der Waals surface area contributed by atoms with Crippen LogP contribution in [0.5, 0.6) is 17.2 Å². The van der Waals surface area contributed by atoms with Gasteiger partial charge in [-0.1, -0.05) is 53.8 Å². The molecule has 6 aromatic rings. The zero-order valence-corrected chi connectivity index (χ0v) is 21.9. The van der Waals surface area contributed by atoms with Crippen LogP contribution in [0.4, 0.5) is 8.78 Å². The predicted octanol–water partition coefficient (Wildman–Crippen LogP) is 7.73. The second kappa shape index (κ2) is 10.4. The van der Waals surface area contributed by atoms with E-state index < -0.39 is 6.61 Å². The fourth-order valence-electron chi connectivity index (χ4n) is 3.96. The lowest BCUT2D eigenvalue weighted by Crippen LogP contribution is -2.03. The van der Waals surface area contributed by atoms with E-state index in [9.17, 15) is 8.78 Å². The van der Waals surface area contributed by atoms with Crippen LogP contribution in [0.3, 0.4) is 0 Å². The molecule has 0 saturated carbocycles. The van der Waals surface area contributed by atoms with Crippen LogP contribution >= 0.6 is 27.3 Å². The Morgan fingerprint density at radius 2 is 1.74 bits per heavy atom. The fourth-order valence-corrected chi connectivity index (χ4v) is 5.16. The minimum atomic E-state index is -2.99. The molecule has 0 saturated heterocycles. The van der Waals surface area contributed by atoms with Crippen LogP contribution in [0.2, 0.25) is 0 Å². The second-order valence-electron chi connectivity index (χ2n) is 8.23. The molecule has 0 N–H and O–H groups in total. The standard InChI is InChI=1S/C27H18BrF2N3O4S/c28-25-32-33-21(13-31-27(33)38-25)24-12-20-22(10-19(36-26(29)30)11-23(20)37-24)35-15-17-7-4-8-18(9-17)34-14-16-5-2-1-3-6-16/h1-13,26H,14-15H2. The quantitative estimate of drug-likeness (QED) is 0.170. The van der Waals surface area contributed by atoms with Gasteiger partial charge >= 0.3 is 6.61 Å². The highest BCUT2D eigenvalue weighted by molar-refractivity contribution is 9.11. The van der Waals surface area contributed by atoms with E-state index in [0.717, 1.165) is 11.1 Å². The number of alkyl halides is 2. The lowest BCUT2D eigenvalue weighted by atomic mass is 10.2. The zero-order chi connectivity index (χ0) is 26.1. The maximum atomic E-state index is 13.0. The van der Waals surface area contributed by atoms with Crippen molar-refractivity contribution >= 4 is 43.2 Å². The summed E-state index contributed by atoms with van der Waals surface area (Å²) in [6.07, 6.45) is 1.64. The van der Waals surface area contributed by atoms with Crippen molar-refractivity contribution in [1.82, 2.24) is 14.6 Å². The molecule has 0 amide bonds. The maximum Gasteiger partial charge on any atom is 0.387 e. The maximum absolute atomic E-state index is 13.0. The summed E-state index contributed by atoms with van der Waals surface area (Å²) in [5, 5.41) is 4.98. The summed E-state index contributed by atoms with van der Waals surface area (Å²) < 4.78 is 51.0. The summed E-state index contributed by atoms with van der Waals surface area (Å²) in [5.74, 6) is 1.42. The minimum absolute atomic E-state index is 0.0711. The van der Waals surface area contributed by atoms with Gasteiger partial charge in [0, 0.05) is 12.1 Å². The highest BCUT2D eigenvalue weighted by Gasteiger charge is 2.19. The molecule has 38 heavy (non-hydrogen) atoms. The third-order valence-electron chi connectivity index (χ3n) is 5.65. The van der Waals surface area contributed by atoms with Crippen molar-refractivity contribution in [3.63, 3.8) is 0 Å². The number of nitrogens with zero attached hydrogens (tertiary/aromatic N) is 3. The predicted molar refractivity (Wildman–Crippen MR) is 142 cm³/mol. The van der Waals surface area contributed by atoms with E-state index in [1.54, 1.807) is 16.8 Å². The SMILES string of the molecule is FC(F)Oc1cc(OCc2cccc(OCc3ccccc3)c2)c2cc(-c3cnc4sc(Br)nn34)oc2c1. The Morgan fingerprint density at radius 3 is 2.58 bits per heavy atom. The summed E-state index contributed by atoms with van der Waals surface area (Å²) in [6, 6.07) is 22.0. The summed E-state index contributed by atoms with van der Waals surface area (Å²) in [5.41, 5.74) is 2.85. The number of fused-ring (bicyclic) bond motifs is 2. The van der Waals surface area contributed by atoms with Crippen LogP contribution in [0.15, 0.2) is 87.3 Å². The monoisotopic (exact) mass is 597 g/mol. The smallest absolute Gasteiger partial charge is 0.387 e. The van der Waals surface area contributed by atoms with Crippen molar-refractivity contribution in [1.29, 1.82) is 0 Å². The Kier molecular flexibility index (Phi) is 6.69. The number of imidazole rings is 1. The normalized spacial score (nSPS) is 11.5.